The summed E-state index contributed by atoms with van der Waals surface area (Å²) in [6.07, 6.45) is 5.66. The summed E-state index contributed by atoms with van der Waals surface area (Å²) in [5.74, 6) is 0.0102. The number of carbonyl (C=O) groups is 2. The van der Waals surface area contributed by atoms with Crippen molar-refractivity contribution in [3.8, 4) is 0 Å². The third-order valence-corrected chi connectivity index (χ3v) is 4.20. The maximum Gasteiger partial charge on any atom is 0.267 e. The topological polar surface area (TPSA) is 54.3 Å². The molecule has 0 bridgehead atoms. The molecule has 0 aliphatic carbocycles. The molecule has 0 aromatic carbocycles. The Morgan fingerprint density at radius 3 is 2.67 bits per heavy atom. The van der Waals surface area contributed by atoms with Crippen LogP contribution in [-0.2, 0) is 11.3 Å². The highest BCUT2D eigenvalue weighted by molar-refractivity contribution is 9.10. The van der Waals surface area contributed by atoms with Crippen molar-refractivity contribution < 1.29 is 9.59 Å². The summed E-state index contributed by atoms with van der Waals surface area (Å²) in [5.41, 5.74) is 0.620. The molecule has 1 aliphatic heterocycles. The van der Waals surface area contributed by atoms with E-state index in [0.29, 0.717) is 18.7 Å². The Morgan fingerprint density at radius 2 is 2.00 bits per heavy atom. The molecular weight excluding hydrogens is 334 g/mol. The van der Waals surface area contributed by atoms with Gasteiger partial charge in [-0.15, -0.1) is 0 Å². The Bertz CT molecular complexity index is 507. The molecular formula is C15H22BrN3O2. The predicted octanol–water partition coefficient (Wildman–Crippen LogP) is 2.40. The first-order chi connectivity index (χ1) is 10.1. The molecule has 116 valence electrons. The number of halogens is 1. The molecule has 2 heterocycles. The number of nitrogens with zero attached hydrogens (tertiary/aromatic N) is 2. The van der Waals surface area contributed by atoms with Gasteiger partial charge in [-0.1, -0.05) is 0 Å². The number of amides is 2. The number of aromatic nitrogens is 1. The SMILES string of the molecule is CCn1cc(Br)cc1C(=O)NCCC(=O)N1CCCCC1. The fraction of sp³-hybridized carbons (Fsp3) is 0.600. The lowest BCUT2D eigenvalue weighted by molar-refractivity contribution is -0.131. The number of hydrogen-bond donors (Lipinski definition) is 1. The fourth-order valence-electron chi connectivity index (χ4n) is 2.60. The molecule has 6 heteroatoms. The van der Waals surface area contributed by atoms with Crippen LogP contribution in [0.4, 0.5) is 0 Å². The van der Waals surface area contributed by atoms with E-state index in [0.717, 1.165) is 36.9 Å². The highest BCUT2D eigenvalue weighted by atomic mass is 79.9. The second kappa shape index (κ2) is 7.64. The normalized spacial score (nSPS) is 15.0. The average molecular weight is 356 g/mol. The van der Waals surface area contributed by atoms with Crippen LogP contribution in [0.3, 0.4) is 0 Å². The van der Waals surface area contributed by atoms with Crippen LogP contribution in [0.5, 0.6) is 0 Å². The number of nitrogens with one attached hydrogen (secondary N) is 1. The van der Waals surface area contributed by atoms with Gasteiger partial charge in [0.1, 0.15) is 5.69 Å². The van der Waals surface area contributed by atoms with E-state index in [1.807, 2.05) is 22.6 Å². The summed E-state index contributed by atoms with van der Waals surface area (Å²) >= 11 is 3.37. The molecule has 5 nitrogen and oxygen atoms in total. The van der Waals surface area contributed by atoms with Crippen molar-refractivity contribution in [2.24, 2.45) is 0 Å². The number of piperidine rings is 1. The Labute approximate surface area is 133 Å². The Hall–Kier alpha value is -1.30. The molecule has 2 rings (SSSR count). The molecule has 1 fully saturated rings. The predicted molar refractivity (Wildman–Crippen MR) is 85.2 cm³/mol. The van der Waals surface area contributed by atoms with Gasteiger partial charge in [0, 0.05) is 43.3 Å². The second-order valence-electron chi connectivity index (χ2n) is 5.28. The van der Waals surface area contributed by atoms with E-state index >= 15 is 0 Å². The maximum atomic E-state index is 12.1. The zero-order chi connectivity index (χ0) is 15.2. The van der Waals surface area contributed by atoms with Crippen LogP contribution in [0.15, 0.2) is 16.7 Å². The van der Waals surface area contributed by atoms with E-state index in [-0.39, 0.29) is 11.8 Å². The molecule has 1 aromatic rings. The highest BCUT2D eigenvalue weighted by Gasteiger charge is 2.17. The van der Waals surface area contributed by atoms with Crippen molar-refractivity contribution in [2.75, 3.05) is 19.6 Å². The van der Waals surface area contributed by atoms with Crippen molar-refractivity contribution in [3.63, 3.8) is 0 Å². The van der Waals surface area contributed by atoms with Crippen LogP contribution in [0.2, 0.25) is 0 Å². The zero-order valence-electron chi connectivity index (χ0n) is 12.4. The molecule has 1 aliphatic rings. The van der Waals surface area contributed by atoms with Gasteiger partial charge in [0.15, 0.2) is 0 Å². The van der Waals surface area contributed by atoms with E-state index in [1.54, 1.807) is 6.07 Å². The van der Waals surface area contributed by atoms with Crippen LogP contribution in [0.25, 0.3) is 0 Å². The first kappa shape index (κ1) is 16.1. The minimum Gasteiger partial charge on any atom is -0.350 e. The first-order valence-electron chi connectivity index (χ1n) is 7.53. The van der Waals surface area contributed by atoms with Crippen LogP contribution >= 0.6 is 15.9 Å². The van der Waals surface area contributed by atoms with Crippen molar-refractivity contribution in [2.45, 2.75) is 39.2 Å². The number of hydrogen-bond acceptors (Lipinski definition) is 2. The Morgan fingerprint density at radius 1 is 1.29 bits per heavy atom. The average Bonchev–Trinajstić information content (AvgIpc) is 2.89. The largest absolute Gasteiger partial charge is 0.350 e. The molecule has 2 amide bonds. The third kappa shape index (κ3) is 4.33. The molecule has 1 aromatic heterocycles. The number of rotatable bonds is 5. The van der Waals surface area contributed by atoms with Gasteiger partial charge < -0.3 is 14.8 Å². The van der Waals surface area contributed by atoms with E-state index in [2.05, 4.69) is 21.2 Å². The van der Waals surface area contributed by atoms with Crippen molar-refractivity contribution in [3.05, 3.63) is 22.4 Å². The van der Waals surface area contributed by atoms with E-state index < -0.39 is 0 Å². The van der Waals surface area contributed by atoms with Crippen molar-refractivity contribution in [1.29, 1.82) is 0 Å². The number of carbonyl (C=O) groups excluding carboxylic acids is 2. The molecule has 0 radical (unpaired) electrons. The smallest absolute Gasteiger partial charge is 0.267 e. The minimum absolute atomic E-state index is 0.131. The van der Waals surface area contributed by atoms with E-state index in [9.17, 15) is 9.59 Å². The van der Waals surface area contributed by atoms with Crippen LogP contribution in [0.1, 0.15) is 43.1 Å². The summed E-state index contributed by atoms with van der Waals surface area (Å²) in [7, 11) is 0. The molecule has 0 saturated carbocycles. The van der Waals surface area contributed by atoms with Gasteiger partial charge in [-0.2, -0.15) is 0 Å². The lowest BCUT2D eigenvalue weighted by Crippen LogP contribution is -2.38. The minimum atomic E-state index is -0.131. The van der Waals surface area contributed by atoms with Crippen molar-refractivity contribution in [1.82, 2.24) is 14.8 Å². The van der Waals surface area contributed by atoms with E-state index in [1.165, 1.54) is 6.42 Å². The fourth-order valence-corrected chi connectivity index (χ4v) is 3.07. The highest BCUT2D eigenvalue weighted by Crippen LogP contribution is 2.15. The van der Waals surface area contributed by atoms with Crippen LogP contribution in [0, 0.1) is 0 Å². The quantitative estimate of drug-likeness (QED) is 0.881. The van der Waals surface area contributed by atoms with Gasteiger partial charge in [0.05, 0.1) is 0 Å². The number of likely N-dealkylation sites (tertiary alicyclic amines) is 1. The summed E-state index contributed by atoms with van der Waals surface area (Å²) in [6, 6.07) is 1.80. The maximum absolute atomic E-state index is 12.1. The van der Waals surface area contributed by atoms with E-state index in [4.69, 9.17) is 0 Å². The number of aryl methyl sites for hydroxylation is 1. The van der Waals surface area contributed by atoms with Gasteiger partial charge >= 0.3 is 0 Å². The molecule has 0 unspecified atom stereocenters. The van der Waals surface area contributed by atoms with Crippen LogP contribution < -0.4 is 5.32 Å². The van der Waals surface area contributed by atoms with Gasteiger partial charge in [-0.05, 0) is 48.2 Å². The summed E-state index contributed by atoms with van der Waals surface area (Å²) in [6.45, 7) is 4.83. The summed E-state index contributed by atoms with van der Waals surface area (Å²) < 4.78 is 2.77. The Kier molecular flexibility index (Phi) is 5.85. The summed E-state index contributed by atoms with van der Waals surface area (Å²) in [4.78, 5) is 26.0. The molecule has 1 saturated heterocycles. The van der Waals surface area contributed by atoms with Gasteiger partial charge in [-0.25, -0.2) is 0 Å². The lowest BCUT2D eigenvalue weighted by atomic mass is 10.1. The van der Waals surface area contributed by atoms with Gasteiger partial charge in [-0.3, -0.25) is 9.59 Å². The molecule has 0 atom stereocenters. The third-order valence-electron chi connectivity index (χ3n) is 3.77. The second-order valence-corrected chi connectivity index (χ2v) is 6.19. The van der Waals surface area contributed by atoms with Crippen LogP contribution in [-0.4, -0.2) is 40.9 Å². The summed E-state index contributed by atoms with van der Waals surface area (Å²) in [5, 5.41) is 2.83. The Balaban J connectivity index is 1.79. The van der Waals surface area contributed by atoms with Gasteiger partial charge in [0.25, 0.3) is 5.91 Å². The zero-order valence-corrected chi connectivity index (χ0v) is 14.0. The first-order valence-corrected chi connectivity index (χ1v) is 8.32. The standard InChI is InChI=1S/C15H22BrN3O2/c1-2-18-11-12(16)10-13(18)15(21)17-7-6-14(20)19-8-4-3-5-9-19/h10-11H,2-9H2,1H3,(H,17,21). The molecule has 21 heavy (non-hydrogen) atoms. The molecule has 0 spiro atoms. The van der Waals surface area contributed by atoms with Crippen molar-refractivity contribution >= 4 is 27.7 Å². The lowest BCUT2D eigenvalue weighted by Gasteiger charge is -2.26. The monoisotopic (exact) mass is 355 g/mol. The molecule has 1 N–H and O–H groups in total. The van der Waals surface area contributed by atoms with Gasteiger partial charge in [0.2, 0.25) is 5.91 Å².